The third kappa shape index (κ3) is 3.09. The van der Waals surface area contributed by atoms with E-state index in [1.807, 2.05) is 0 Å². The summed E-state index contributed by atoms with van der Waals surface area (Å²) >= 11 is 0. The Morgan fingerprint density at radius 3 is 2.60 bits per heavy atom. The van der Waals surface area contributed by atoms with Gasteiger partial charge in [0.15, 0.2) is 0 Å². The fourth-order valence-corrected chi connectivity index (χ4v) is 4.01. The normalized spacial score (nSPS) is 16.6. The first-order valence-electron chi connectivity index (χ1n) is 9.39. The van der Waals surface area contributed by atoms with E-state index in [4.69, 9.17) is 4.98 Å². The molecule has 3 aromatic rings. The molecule has 4 rings (SSSR count). The summed E-state index contributed by atoms with van der Waals surface area (Å²) in [6.07, 6.45) is 2.61. The number of rotatable bonds is 4. The highest BCUT2D eigenvalue weighted by atomic mass is 15.2. The van der Waals surface area contributed by atoms with E-state index in [0.29, 0.717) is 6.04 Å². The molecule has 0 bridgehead atoms. The minimum absolute atomic E-state index is 0.361. The molecule has 2 heterocycles. The van der Waals surface area contributed by atoms with Crippen molar-refractivity contribution in [3.8, 4) is 0 Å². The summed E-state index contributed by atoms with van der Waals surface area (Å²) in [5, 5.41) is 0. The molecule has 3 nitrogen and oxygen atoms in total. The third-order valence-electron chi connectivity index (χ3n) is 5.58. The average molecular weight is 333 g/mol. The number of para-hydroxylation sites is 2. The summed E-state index contributed by atoms with van der Waals surface area (Å²) in [7, 11) is 0. The van der Waals surface area contributed by atoms with E-state index >= 15 is 0 Å². The Bertz CT molecular complexity index is 887. The summed E-state index contributed by atoms with van der Waals surface area (Å²) < 4.78 is 2.43. The van der Waals surface area contributed by atoms with Gasteiger partial charge >= 0.3 is 0 Å². The van der Waals surface area contributed by atoms with E-state index in [-0.39, 0.29) is 0 Å². The topological polar surface area (TPSA) is 21.1 Å². The van der Waals surface area contributed by atoms with Crippen LogP contribution in [0.4, 0.5) is 0 Å². The molecule has 1 aliphatic heterocycles. The standard InChI is InChI=1S/C22H27N3/c1-16-10-11-17(2)19(14-16)15-25-21-9-5-4-8-20(21)23-22(25)18(3)24-12-6-7-13-24/h4-5,8-11,14,18H,6-7,12-13,15H2,1-3H3. The van der Waals surface area contributed by atoms with Gasteiger partial charge < -0.3 is 4.57 Å². The molecule has 0 saturated carbocycles. The van der Waals surface area contributed by atoms with Crippen LogP contribution in [0.2, 0.25) is 0 Å². The van der Waals surface area contributed by atoms with Crippen LogP contribution < -0.4 is 0 Å². The van der Waals surface area contributed by atoms with E-state index in [2.05, 4.69) is 72.7 Å². The Balaban J connectivity index is 1.80. The van der Waals surface area contributed by atoms with Crippen molar-refractivity contribution in [2.75, 3.05) is 13.1 Å². The molecule has 25 heavy (non-hydrogen) atoms. The molecule has 0 amide bonds. The zero-order valence-corrected chi connectivity index (χ0v) is 15.5. The van der Waals surface area contributed by atoms with Crippen molar-refractivity contribution < 1.29 is 0 Å². The average Bonchev–Trinajstić information content (AvgIpc) is 3.26. The zero-order chi connectivity index (χ0) is 17.4. The van der Waals surface area contributed by atoms with Crippen molar-refractivity contribution in [2.45, 2.75) is 46.2 Å². The summed E-state index contributed by atoms with van der Waals surface area (Å²) in [6, 6.07) is 15.6. The second kappa shape index (κ2) is 6.64. The van der Waals surface area contributed by atoms with Crippen molar-refractivity contribution in [3.05, 3.63) is 65.0 Å². The monoisotopic (exact) mass is 333 g/mol. The van der Waals surface area contributed by atoms with E-state index in [9.17, 15) is 0 Å². The Kier molecular flexibility index (Phi) is 4.34. The molecule has 1 atom stereocenters. The molecule has 3 heteroatoms. The van der Waals surface area contributed by atoms with E-state index in [1.54, 1.807) is 0 Å². The first-order valence-corrected chi connectivity index (χ1v) is 9.39. The van der Waals surface area contributed by atoms with Crippen molar-refractivity contribution in [1.82, 2.24) is 14.5 Å². The maximum atomic E-state index is 5.03. The number of aryl methyl sites for hydroxylation is 2. The van der Waals surface area contributed by atoms with Gasteiger partial charge in [-0.25, -0.2) is 4.98 Å². The summed E-state index contributed by atoms with van der Waals surface area (Å²) in [4.78, 5) is 7.60. The lowest BCUT2D eigenvalue weighted by molar-refractivity contribution is 0.249. The van der Waals surface area contributed by atoms with Gasteiger partial charge in [0.2, 0.25) is 0 Å². The molecule has 0 N–H and O–H groups in total. The van der Waals surface area contributed by atoms with Gasteiger partial charge in [-0.15, -0.1) is 0 Å². The molecule has 1 unspecified atom stereocenters. The maximum absolute atomic E-state index is 5.03. The first kappa shape index (κ1) is 16.3. The highest BCUT2D eigenvalue weighted by Crippen LogP contribution is 2.28. The first-order chi connectivity index (χ1) is 12.1. The molecule has 0 radical (unpaired) electrons. The van der Waals surface area contributed by atoms with Crippen LogP contribution in [-0.2, 0) is 6.54 Å². The Morgan fingerprint density at radius 1 is 1.04 bits per heavy atom. The molecular formula is C22H27N3. The Labute approximate surface area is 150 Å². The number of hydrogen-bond donors (Lipinski definition) is 0. The number of hydrogen-bond acceptors (Lipinski definition) is 2. The van der Waals surface area contributed by atoms with Gasteiger partial charge in [0.1, 0.15) is 5.82 Å². The smallest absolute Gasteiger partial charge is 0.127 e. The van der Waals surface area contributed by atoms with Crippen molar-refractivity contribution in [3.63, 3.8) is 0 Å². The number of nitrogens with zero attached hydrogens (tertiary/aromatic N) is 3. The van der Waals surface area contributed by atoms with E-state index in [0.717, 1.165) is 12.1 Å². The largest absolute Gasteiger partial charge is 0.322 e. The number of benzene rings is 2. The van der Waals surface area contributed by atoms with Crippen molar-refractivity contribution in [1.29, 1.82) is 0 Å². The fraction of sp³-hybridized carbons (Fsp3) is 0.409. The predicted octanol–water partition coefficient (Wildman–Crippen LogP) is 4.86. The van der Waals surface area contributed by atoms with Crippen LogP contribution in [0.1, 0.15) is 48.3 Å². The number of aromatic nitrogens is 2. The van der Waals surface area contributed by atoms with Gasteiger partial charge in [-0.05, 0) is 70.0 Å². The van der Waals surface area contributed by atoms with Crippen LogP contribution in [0.5, 0.6) is 0 Å². The molecule has 1 saturated heterocycles. The van der Waals surface area contributed by atoms with Crippen LogP contribution in [0.15, 0.2) is 42.5 Å². The minimum Gasteiger partial charge on any atom is -0.322 e. The molecule has 1 fully saturated rings. The molecule has 0 aliphatic carbocycles. The zero-order valence-electron chi connectivity index (χ0n) is 15.5. The highest BCUT2D eigenvalue weighted by Gasteiger charge is 2.24. The van der Waals surface area contributed by atoms with Crippen LogP contribution in [0.25, 0.3) is 11.0 Å². The van der Waals surface area contributed by atoms with Crippen molar-refractivity contribution >= 4 is 11.0 Å². The SMILES string of the molecule is Cc1ccc(C)c(Cn2c(C(C)N3CCCC3)nc3ccccc32)c1. The minimum atomic E-state index is 0.361. The lowest BCUT2D eigenvalue weighted by Gasteiger charge is -2.24. The molecule has 2 aromatic carbocycles. The quantitative estimate of drug-likeness (QED) is 0.680. The van der Waals surface area contributed by atoms with Gasteiger partial charge in [0, 0.05) is 6.54 Å². The Hall–Kier alpha value is -2.13. The number of likely N-dealkylation sites (tertiary alicyclic amines) is 1. The van der Waals surface area contributed by atoms with Gasteiger partial charge in [0.25, 0.3) is 0 Å². The highest BCUT2D eigenvalue weighted by molar-refractivity contribution is 5.76. The number of fused-ring (bicyclic) bond motifs is 1. The van der Waals surface area contributed by atoms with E-state index in [1.165, 1.54) is 54.0 Å². The van der Waals surface area contributed by atoms with Gasteiger partial charge in [-0.1, -0.05) is 35.9 Å². The van der Waals surface area contributed by atoms with Crippen LogP contribution in [-0.4, -0.2) is 27.5 Å². The lowest BCUT2D eigenvalue weighted by Crippen LogP contribution is -2.26. The summed E-state index contributed by atoms with van der Waals surface area (Å²) in [6.45, 7) is 9.95. The summed E-state index contributed by atoms with van der Waals surface area (Å²) in [5.41, 5.74) is 6.40. The third-order valence-corrected chi connectivity index (χ3v) is 5.58. The van der Waals surface area contributed by atoms with Gasteiger partial charge in [-0.2, -0.15) is 0 Å². The Morgan fingerprint density at radius 2 is 1.80 bits per heavy atom. The lowest BCUT2D eigenvalue weighted by atomic mass is 10.1. The molecule has 0 spiro atoms. The predicted molar refractivity (Wildman–Crippen MR) is 104 cm³/mol. The van der Waals surface area contributed by atoms with Crippen molar-refractivity contribution in [2.24, 2.45) is 0 Å². The van der Waals surface area contributed by atoms with Crippen LogP contribution >= 0.6 is 0 Å². The molecule has 1 aliphatic rings. The molecule has 1 aromatic heterocycles. The molecule has 130 valence electrons. The van der Waals surface area contributed by atoms with Crippen LogP contribution in [0, 0.1) is 13.8 Å². The second-order valence-corrected chi connectivity index (χ2v) is 7.39. The van der Waals surface area contributed by atoms with Gasteiger partial charge in [0.05, 0.1) is 17.1 Å². The second-order valence-electron chi connectivity index (χ2n) is 7.39. The summed E-state index contributed by atoms with van der Waals surface area (Å²) in [5.74, 6) is 1.20. The maximum Gasteiger partial charge on any atom is 0.127 e. The molecular weight excluding hydrogens is 306 g/mol. The van der Waals surface area contributed by atoms with Gasteiger partial charge in [-0.3, -0.25) is 4.90 Å². The number of imidazole rings is 1. The van der Waals surface area contributed by atoms with Crippen LogP contribution in [0.3, 0.4) is 0 Å². The van der Waals surface area contributed by atoms with E-state index < -0.39 is 0 Å². The fourth-order valence-electron chi connectivity index (χ4n) is 4.01.